The molecular formula is C14H25NO4. The Bertz CT molecular complexity index is 342. The highest BCUT2D eigenvalue weighted by Gasteiger charge is 2.45. The Morgan fingerprint density at radius 2 is 1.63 bits per heavy atom. The molecule has 0 aromatic carbocycles. The van der Waals surface area contributed by atoms with Crippen molar-refractivity contribution in [3.63, 3.8) is 0 Å². The van der Waals surface area contributed by atoms with Crippen molar-refractivity contribution >= 4 is 11.9 Å². The number of ether oxygens (including phenoxy) is 1. The molecule has 1 rings (SSSR count). The fourth-order valence-corrected chi connectivity index (χ4v) is 2.24. The quantitative estimate of drug-likeness (QED) is 0.605. The van der Waals surface area contributed by atoms with Gasteiger partial charge in [-0.3, -0.25) is 5.32 Å². The lowest BCUT2D eigenvalue weighted by Gasteiger charge is -2.33. The summed E-state index contributed by atoms with van der Waals surface area (Å²) in [4.78, 5) is 23.6. The molecule has 110 valence electrons. The molecule has 0 radical (unpaired) electrons. The molecule has 1 saturated carbocycles. The van der Waals surface area contributed by atoms with Gasteiger partial charge in [0.25, 0.3) is 0 Å². The van der Waals surface area contributed by atoms with Crippen LogP contribution in [0.4, 0.5) is 0 Å². The van der Waals surface area contributed by atoms with Gasteiger partial charge in [0.15, 0.2) is 0 Å². The Hall–Kier alpha value is -1.10. The van der Waals surface area contributed by atoms with Crippen LogP contribution in [0.3, 0.4) is 0 Å². The van der Waals surface area contributed by atoms with Gasteiger partial charge < -0.3 is 9.84 Å². The number of rotatable bonds is 4. The summed E-state index contributed by atoms with van der Waals surface area (Å²) < 4.78 is 5.22. The first-order valence-corrected chi connectivity index (χ1v) is 6.90. The van der Waals surface area contributed by atoms with E-state index in [1.807, 2.05) is 0 Å². The first-order chi connectivity index (χ1) is 8.65. The smallest absolute Gasteiger partial charge is 0.338 e. The lowest BCUT2D eigenvalue weighted by molar-refractivity contribution is -0.170. The van der Waals surface area contributed by atoms with Crippen molar-refractivity contribution in [3.05, 3.63) is 0 Å². The van der Waals surface area contributed by atoms with Gasteiger partial charge in [0.05, 0.1) is 0 Å². The lowest BCUT2D eigenvalue weighted by atomic mass is 9.92. The summed E-state index contributed by atoms with van der Waals surface area (Å²) in [5.74, 6) is -1.91. The van der Waals surface area contributed by atoms with Crippen molar-refractivity contribution in [2.75, 3.05) is 0 Å². The van der Waals surface area contributed by atoms with Crippen LogP contribution in [0.5, 0.6) is 0 Å². The number of hydrogen-bond acceptors (Lipinski definition) is 4. The highest BCUT2D eigenvalue weighted by Crippen LogP contribution is 2.22. The molecular weight excluding hydrogens is 246 g/mol. The van der Waals surface area contributed by atoms with Crippen LogP contribution in [0.25, 0.3) is 0 Å². The van der Waals surface area contributed by atoms with E-state index in [1.54, 1.807) is 20.8 Å². The fraction of sp³-hybridized carbons (Fsp3) is 0.857. The Morgan fingerprint density at radius 1 is 1.11 bits per heavy atom. The summed E-state index contributed by atoms with van der Waals surface area (Å²) in [6.45, 7) is 6.58. The Balaban J connectivity index is 2.78. The van der Waals surface area contributed by atoms with E-state index < -0.39 is 23.1 Å². The molecule has 1 aliphatic rings. The zero-order valence-corrected chi connectivity index (χ0v) is 12.3. The summed E-state index contributed by atoms with van der Waals surface area (Å²) in [6.07, 6.45) is 5.13. The second kappa shape index (κ2) is 5.90. The molecule has 0 aromatic heterocycles. The van der Waals surface area contributed by atoms with Gasteiger partial charge in [0, 0.05) is 6.04 Å². The largest absolute Gasteiger partial charge is 0.479 e. The van der Waals surface area contributed by atoms with Crippen LogP contribution in [0.2, 0.25) is 0 Å². The molecule has 0 spiro atoms. The summed E-state index contributed by atoms with van der Waals surface area (Å²) in [6, 6.07) is 0.0716. The van der Waals surface area contributed by atoms with Crippen molar-refractivity contribution in [1.82, 2.24) is 5.32 Å². The number of carboxylic acid groups (broad SMARTS) is 1. The van der Waals surface area contributed by atoms with Crippen LogP contribution >= 0.6 is 0 Å². The van der Waals surface area contributed by atoms with Gasteiger partial charge in [0.1, 0.15) is 5.60 Å². The van der Waals surface area contributed by atoms with Crippen molar-refractivity contribution in [3.8, 4) is 0 Å². The zero-order valence-electron chi connectivity index (χ0n) is 12.3. The molecule has 2 N–H and O–H groups in total. The molecule has 1 fully saturated rings. The van der Waals surface area contributed by atoms with E-state index in [2.05, 4.69) is 5.32 Å². The number of esters is 1. The Kier molecular flexibility index (Phi) is 4.96. The minimum atomic E-state index is -1.67. The summed E-state index contributed by atoms with van der Waals surface area (Å²) in [5.41, 5.74) is -2.36. The number of aliphatic carboxylic acids is 1. The highest BCUT2D eigenvalue weighted by molar-refractivity contribution is 6.03. The second-order valence-corrected chi connectivity index (χ2v) is 6.41. The van der Waals surface area contributed by atoms with Crippen LogP contribution in [0.15, 0.2) is 0 Å². The minimum Gasteiger partial charge on any atom is -0.479 e. The van der Waals surface area contributed by atoms with Gasteiger partial charge in [-0.2, -0.15) is 0 Å². The molecule has 19 heavy (non-hydrogen) atoms. The maximum atomic E-state index is 12.1. The van der Waals surface area contributed by atoms with Crippen molar-refractivity contribution in [2.24, 2.45) is 0 Å². The molecule has 0 aromatic rings. The van der Waals surface area contributed by atoms with Crippen LogP contribution in [-0.2, 0) is 14.3 Å². The van der Waals surface area contributed by atoms with Crippen LogP contribution in [0, 0.1) is 0 Å². The van der Waals surface area contributed by atoms with Crippen molar-refractivity contribution in [2.45, 2.75) is 77.0 Å². The molecule has 0 bridgehead atoms. The molecule has 0 heterocycles. The van der Waals surface area contributed by atoms with Crippen LogP contribution in [-0.4, -0.2) is 34.2 Å². The van der Waals surface area contributed by atoms with Crippen molar-refractivity contribution in [1.29, 1.82) is 0 Å². The van der Waals surface area contributed by atoms with Gasteiger partial charge in [-0.25, -0.2) is 9.59 Å². The van der Waals surface area contributed by atoms with E-state index >= 15 is 0 Å². The SMILES string of the molecule is CC(C)(C)OC(=O)[C@@](C)(NC1CCCCC1)C(=O)O. The fourth-order valence-electron chi connectivity index (χ4n) is 2.24. The first-order valence-electron chi connectivity index (χ1n) is 6.90. The van der Waals surface area contributed by atoms with Gasteiger partial charge in [-0.1, -0.05) is 19.3 Å². The maximum absolute atomic E-state index is 12.1. The average molecular weight is 271 g/mol. The third-order valence-corrected chi connectivity index (χ3v) is 3.33. The molecule has 5 heteroatoms. The summed E-state index contributed by atoms with van der Waals surface area (Å²) in [5, 5.41) is 12.3. The van der Waals surface area contributed by atoms with Crippen LogP contribution < -0.4 is 5.32 Å². The van der Waals surface area contributed by atoms with E-state index in [0.717, 1.165) is 25.7 Å². The first kappa shape index (κ1) is 16.0. The van der Waals surface area contributed by atoms with Gasteiger partial charge >= 0.3 is 11.9 Å². The Morgan fingerprint density at radius 3 is 2.05 bits per heavy atom. The van der Waals surface area contributed by atoms with E-state index in [1.165, 1.54) is 13.3 Å². The molecule has 0 saturated heterocycles. The predicted octanol–water partition coefficient (Wildman–Crippen LogP) is 2.09. The van der Waals surface area contributed by atoms with E-state index in [9.17, 15) is 14.7 Å². The van der Waals surface area contributed by atoms with Gasteiger partial charge in [-0.15, -0.1) is 0 Å². The van der Waals surface area contributed by atoms with Gasteiger partial charge in [-0.05, 0) is 40.5 Å². The second-order valence-electron chi connectivity index (χ2n) is 6.41. The highest BCUT2D eigenvalue weighted by atomic mass is 16.6. The van der Waals surface area contributed by atoms with Crippen LogP contribution in [0.1, 0.15) is 59.8 Å². The molecule has 0 unspecified atom stereocenters. The minimum absolute atomic E-state index is 0.0716. The molecule has 5 nitrogen and oxygen atoms in total. The number of carboxylic acids is 1. The van der Waals surface area contributed by atoms with Crippen molar-refractivity contribution < 1.29 is 19.4 Å². The number of carbonyl (C=O) groups excluding carboxylic acids is 1. The van der Waals surface area contributed by atoms with E-state index in [-0.39, 0.29) is 6.04 Å². The van der Waals surface area contributed by atoms with Gasteiger partial charge in [0.2, 0.25) is 5.54 Å². The number of carbonyl (C=O) groups is 2. The monoisotopic (exact) mass is 271 g/mol. The number of hydrogen-bond donors (Lipinski definition) is 2. The Labute approximate surface area is 114 Å². The normalized spacial score (nSPS) is 20.6. The van der Waals surface area contributed by atoms with E-state index in [4.69, 9.17) is 4.74 Å². The predicted molar refractivity (Wildman–Crippen MR) is 71.9 cm³/mol. The number of nitrogens with one attached hydrogen (secondary N) is 1. The maximum Gasteiger partial charge on any atom is 0.338 e. The topological polar surface area (TPSA) is 75.6 Å². The summed E-state index contributed by atoms with van der Waals surface area (Å²) in [7, 11) is 0. The molecule has 1 atom stereocenters. The molecule has 0 amide bonds. The van der Waals surface area contributed by atoms with E-state index in [0.29, 0.717) is 0 Å². The lowest BCUT2D eigenvalue weighted by Crippen LogP contribution is -2.61. The summed E-state index contributed by atoms with van der Waals surface area (Å²) >= 11 is 0. The molecule has 1 aliphatic carbocycles. The third-order valence-electron chi connectivity index (χ3n) is 3.33. The zero-order chi connectivity index (χ0) is 14.7. The standard InChI is InChI=1S/C14H25NO4/c1-13(2,3)19-12(18)14(4,11(16)17)15-10-8-6-5-7-9-10/h10,15H,5-9H2,1-4H3,(H,16,17)/t14-/m0/s1. The molecule has 0 aliphatic heterocycles. The third kappa shape index (κ3) is 4.49. The average Bonchev–Trinajstić information content (AvgIpc) is 2.27.